The van der Waals surface area contributed by atoms with Gasteiger partial charge in [0.05, 0.1) is 5.56 Å². The standard InChI is InChI=1S/C13H12O4/c1-2-10(14)13(16)9-7-17-11-6-4-3-5-8(11)12(9)15/h3-6,9H,2,7H2,1H3. The van der Waals surface area contributed by atoms with E-state index in [4.69, 9.17) is 4.74 Å². The topological polar surface area (TPSA) is 60.4 Å². The van der Waals surface area contributed by atoms with Crippen LogP contribution >= 0.6 is 0 Å². The lowest BCUT2D eigenvalue weighted by atomic mass is 9.89. The quantitative estimate of drug-likeness (QED) is 0.584. The smallest absolute Gasteiger partial charge is 0.212 e. The Morgan fingerprint density at radius 3 is 2.76 bits per heavy atom. The number of rotatable bonds is 3. The van der Waals surface area contributed by atoms with E-state index in [0.717, 1.165) is 0 Å². The molecule has 17 heavy (non-hydrogen) atoms. The summed E-state index contributed by atoms with van der Waals surface area (Å²) in [6.07, 6.45) is 0.115. The lowest BCUT2D eigenvalue weighted by Gasteiger charge is -2.22. The molecule has 1 aliphatic rings. The van der Waals surface area contributed by atoms with Gasteiger partial charge >= 0.3 is 0 Å². The molecule has 1 unspecified atom stereocenters. The predicted octanol–water partition coefficient (Wildman–Crippen LogP) is 1.43. The predicted molar refractivity (Wildman–Crippen MR) is 60.1 cm³/mol. The van der Waals surface area contributed by atoms with Crippen LogP contribution in [0, 0.1) is 5.92 Å². The minimum Gasteiger partial charge on any atom is -0.492 e. The van der Waals surface area contributed by atoms with Gasteiger partial charge in [0.25, 0.3) is 0 Å². The number of carbonyl (C=O) groups excluding carboxylic acids is 3. The number of ether oxygens (including phenoxy) is 1. The van der Waals surface area contributed by atoms with Crippen LogP contribution in [0.2, 0.25) is 0 Å². The summed E-state index contributed by atoms with van der Waals surface area (Å²) in [5, 5.41) is 0. The Balaban J connectivity index is 2.29. The van der Waals surface area contributed by atoms with Crippen molar-refractivity contribution >= 4 is 17.3 Å². The first-order chi connectivity index (χ1) is 8.15. The fourth-order valence-corrected chi connectivity index (χ4v) is 1.80. The molecular formula is C13H12O4. The molecule has 0 aliphatic carbocycles. The maximum absolute atomic E-state index is 12.0. The summed E-state index contributed by atoms with van der Waals surface area (Å²) >= 11 is 0. The highest BCUT2D eigenvalue weighted by Gasteiger charge is 2.36. The van der Waals surface area contributed by atoms with Crippen molar-refractivity contribution in [2.45, 2.75) is 13.3 Å². The van der Waals surface area contributed by atoms with Crippen LogP contribution in [0.3, 0.4) is 0 Å². The Morgan fingerprint density at radius 1 is 1.35 bits per heavy atom. The molecule has 0 radical (unpaired) electrons. The molecule has 88 valence electrons. The average molecular weight is 232 g/mol. The van der Waals surface area contributed by atoms with Gasteiger partial charge in [0, 0.05) is 6.42 Å². The van der Waals surface area contributed by atoms with Crippen LogP contribution < -0.4 is 4.74 Å². The molecule has 2 rings (SSSR count). The van der Waals surface area contributed by atoms with Crippen LogP contribution in [-0.2, 0) is 9.59 Å². The van der Waals surface area contributed by atoms with Crippen molar-refractivity contribution in [2.75, 3.05) is 6.61 Å². The number of ketones is 3. The van der Waals surface area contributed by atoms with E-state index in [1.165, 1.54) is 0 Å². The lowest BCUT2D eigenvalue weighted by Crippen LogP contribution is -2.37. The van der Waals surface area contributed by atoms with Crippen molar-refractivity contribution in [3.63, 3.8) is 0 Å². The van der Waals surface area contributed by atoms with Gasteiger partial charge in [-0.25, -0.2) is 0 Å². The Bertz CT molecular complexity index is 490. The van der Waals surface area contributed by atoms with Gasteiger partial charge in [-0.3, -0.25) is 14.4 Å². The van der Waals surface area contributed by atoms with E-state index in [-0.39, 0.29) is 18.8 Å². The van der Waals surface area contributed by atoms with Crippen molar-refractivity contribution in [3.8, 4) is 5.75 Å². The molecule has 0 saturated heterocycles. The summed E-state index contributed by atoms with van der Waals surface area (Å²) < 4.78 is 5.33. The zero-order valence-corrected chi connectivity index (χ0v) is 9.43. The van der Waals surface area contributed by atoms with Crippen LogP contribution in [0.5, 0.6) is 5.75 Å². The number of fused-ring (bicyclic) bond motifs is 1. The van der Waals surface area contributed by atoms with Crippen LogP contribution in [0.4, 0.5) is 0 Å². The summed E-state index contributed by atoms with van der Waals surface area (Å²) in [7, 11) is 0. The van der Waals surface area contributed by atoms with E-state index in [1.807, 2.05) is 0 Å². The van der Waals surface area contributed by atoms with Gasteiger partial charge < -0.3 is 4.74 Å². The van der Waals surface area contributed by atoms with E-state index < -0.39 is 17.5 Å². The van der Waals surface area contributed by atoms with Gasteiger partial charge in [0.1, 0.15) is 18.3 Å². The van der Waals surface area contributed by atoms with Crippen molar-refractivity contribution in [1.29, 1.82) is 0 Å². The van der Waals surface area contributed by atoms with Gasteiger partial charge in [0.2, 0.25) is 5.78 Å². The Morgan fingerprint density at radius 2 is 2.06 bits per heavy atom. The van der Waals surface area contributed by atoms with Gasteiger partial charge in [-0.1, -0.05) is 19.1 Å². The lowest BCUT2D eigenvalue weighted by molar-refractivity contribution is -0.138. The third-order valence-corrected chi connectivity index (χ3v) is 2.79. The number of benzene rings is 1. The van der Waals surface area contributed by atoms with Gasteiger partial charge in [0.15, 0.2) is 11.6 Å². The highest BCUT2D eigenvalue weighted by Crippen LogP contribution is 2.27. The molecule has 1 aromatic carbocycles. The molecule has 0 amide bonds. The number of para-hydroxylation sites is 1. The number of hydrogen-bond acceptors (Lipinski definition) is 4. The summed E-state index contributed by atoms with van der Waals surface area (Å²) in [5.74, 6) is -1.99. The fourth-order valence-electron chi connectivity index (χ4n) is 1.80. The number of Topliss-reactive ketones (excluding diaryl/α,β-unsaturated/α-hetero) is 3. The first kappa shape index (κ1) is 11.5. The first-order valence-corrected chi connectivity index (χ1v) is 5.48. The molecule has 0 aromatic heterocycles. The molecule has 0 N–H and O–H groups in total. The zero-order valence-electron chi connectivity index (χ0n) is 9.43. The van der Waals surface area contributed by atoms with Crippen LogP contribution in [-0.4, -0.2) is 24.0 Å². The average Bonchev–Trinajstić information content (AvgIpc) is 2.38. The van der Waals surface area contributed by atoms with Crippen LogP contribution in [0.25, 0.3) is 0 Å². The fraction of sp³-hybridized carbons (Fsp3) is 0.308. The van der Waals surface area contributed by atoms with Crippen molar-refractivity contribution < 1.29 is 19.1 Å². The first-order valence-electron chi connectivity index (χ1n) is 5.48. The summed E-state index contributed by atoms with van der Waals surface area (Å²) in [5.41, 5.74) is 0.376. The normalized spacial score (nSPS) is 18.2. The molecular weight excluding hydrogens is 220 g/mol. The third-order valence-electron chi connectivity index (χ3n) is 2.79. The van der Waals surface area contributed by atoms with Crippen LogP contribution in [0.1, 0.15) is 23.7 Å². The van der Waals surface area contributed by atoms with Crippen molar-refractivity contribution in [3.05, 3.63) is 29.8 Å². The Labute approximate surface area is 98.6 Å². The van der Waals surface area contributed by atoms with E-state index >= 15 is 0 Å². The Hall–Kier alpha value is -1.97. The highest BCUT2D eigenvalue weighted by molar-refractivity contribution is 6.42. The number of hydrogen-bond donors (Lipinski definition) is 0. The summed E-state index contributed by atoms with van der Waals surface area (Å²) in [6.45, 7) is 1.56. The second kappa shape index (κ2) is 4.49. The maximum atomic E-state index is 12.0. The minimum atomic E-state index is -0.975. The molecule has 1 aliphatic heterocycles. The molecule has 1 heterocycles. The summed E-state index contributed by atoms with van der Waals surface area (Å²) in [4.78, 5) is 35.0. The third kappa shape index (κ3) is 1.98. The van der Waals surface area contributed by atoms with Crippen molar-refractivity contribution in [2.24, 2.45) is 5.92 Å². The highest BCUT2D eigenvalue weighted by atomic mass is 16.5. The molecule has 0 saturated carbocycles. The van der Waals surface area contributed by atoms with E-state index in [1.54, 1.807) is 31.2 Å². The van der Waals surface area contributed by atoms with Gasteiger partial charge in [-0.05, 0) is 12.1 Å². The minimum absolute atomic E-state index is 0.0413. The second-order valence-electron chi connectivity index (χ2n) is 3.86. The zero-order chi connectivity index (χ0) is 12.4. The molecule has 0 spiro atoms. The van der Waals surface area contributed by atoms with E-state index in [9.17, 15) is 14.4 Å². The molecule has 0 fully saturated rings. The number of carbonyl (C=O) groups is 3. The van der Waals surface area contributed by atoms with Gasteiger partial charge in [-0.15, -0.1) is 0 Å². The molecule has 4 heteroatoms. The summed E-state index contributed by atoms with van der Waals surface area (Å²) in [6, 6.07) is 6.74. The van der Waals surface area contributed by atoms with Crippen molar-refractivity contribution in [1.82, 2.24) is 0 Å². The monoisotopic (exact) mass is 232 g/mol. The van der Waals surface area contributed by atoms with E-state index in [0.29, 0.717) is 11.3 Å². The van der Waals surface area contributed by atoms with E-state index in [2.05, 4.69) is 0 Å². The SMILES string of the molecule is CCC(=O)C(=O)C1COc2ccccc2C1=O. The van der Waals surface area contributed by atoms with Crippen LogP contribution in [0.15, 0.2) is 24.3 Å². The molecule has 0 bridgehead atoms. The maximum Gasteiger partial charge on any atom is 0.212 e. The Kier molecular flexibility index (Phi) is 3.04. The molecule has 1 aromatic rings. The van der Waals surface area contributed by atoms with Gasteiger partial charge in [-0.2, -0.15) is 0 Å². The molecule has 1 atom stereocenters. The molecule has 4 nitrogen and oxygen atoms in total. The largest absolute Gasteiger partial charge is 0.492 e. The second-order valence-corrected chi connectivity index (χ2v) is 3.86.